The number of methoxy groups -OCH3 is 1. The fourth-order valence-electron chi connectivity index (χ4n) is 2.98. The third-order valence-corrected chi connectivity index (χ3v) is 4.16. The molecule has 2 aromatic carbocycles. The van der Waals surface area contributed by atoms with Gasteiger partial charge in [-0.05, 0) is 23.8 Å². The summed E-state index contributed by atoms with van der Waals surface area (Å²) in [6.45, 7) is 2.30. The van der Waals surface area contributed by atoms with Crippen molar-refractivity contribution in [2.24, 2.45) is 0 Å². The van der Waals surface area contributed by atoms with Crippen LogP contribution >= 0.6 is 0 Å². The lowest BCUT2D eigenvalue weighted by molar-refractivity contribution is 0.0902. The first-order valence-electron chi connectivity index (χ1n) is 7.68. The molecule has 1 aliphatic rings. The van der Waals surface area contributed by atoms with Crippen LogP contribution in [0.2, 0.25) is 0 Å². The minimum atomic E-state index is 0.578. The van der Waals surface area contributed by atoms with Crippen molar-refractivity contribution in [1.82, 2.24) is 9.88 Å². The van der Waals surface area contributed by atoms with Gasteiger partial charge in [0.15, 0.2) is 5.75 Å². The summed E-state index contributed by atoms with van der Waals surface area (Å²) < 4.78 is 11.2. The first-order chi connectivity index (χ1) is 11.3. The van der Waals surface area contributed by atoms with Crippen molar-refractivity contribution in [3.05, 3.63) is 65.9 Å². The van der Waals surface area contributed by atoms with E-state index in [2.05, 4.69) is 40.2 Å². The van der Waals surface area contributed by atoms with Crippen LogP contribution in [0.4, 0.5) is 0 Å². The largest absolute Gasteiger partial charge is 0.497 e. The first kappa shape index (κ1) is 14.0. The van der Waals surface area contributed by atoms with E-state index in [-0.39, 0.29) is 0 Å². The molecule has 0 spiro atoms. The zero-order chi connectivity index (χ0) is 15.6. The quantitative estimate of drug-likeness (QED) is 0.740. The van der Waals surface area contributed by atoms with Gasteiger partial charge in [0, 0.05) is 30.2 Å². The highest BCUT2D eigenvalue weighted by Gasteiger charge is 2.20. The standard InChI is InChI=1S/C19H18N2O2/c1-22-17-8-4-14(5-9-17)11-21-12-16-7-6-15-3-2-10-20-18(15)19(16)23-13-21/h2-10H,11-13H2,1H3. The lowest BCUT2D eigenvalue weighted by Gasteiger charge is -2.29. The summed E-state index contributed by atoms with van der Waals surface area (Å²) in [7, 11) is 1.68. The van der Waals surface area contributed by atoms with Crippen molar-refractivity contribution in [2.75, 3.05) is 13.8 Å². The summed E-state index contributed by atoms with van der Waals surface area (Å²) in [6, 6.07) is 16.4. The molecule has 0 fully saturated rings. The highest BCUT2D eigenvalue weighted by molar-refractivity contribution is 5.85. The molecular weight excluding hydrogens is 288 g/mol. The Kier molecular flexibility index (Phi) is 3.60. The van der Waals surface area contributed by atoms with Crippen LogP contribution in [0, 0.1) is 0 Å². The van der Waals surface area contributed by atoms with E-state index in [4.69, 9.17) is 9.47 Å². The van der Waals surface area contributed by atoms with Gasteiger partial charge in [0.25, 0.3) is 0 Å². The average molecular weight is 306 g/mol. The number of hydrogen-bond acceptors (Lipinski definition) is 4. The van der Waals surface area contributed by atoms with Crippen LogP contribution in [-0.2, 0) is 13.1 Å². The molecule has 4 heteroatoms. The SMILES string of the molecule is COc1ccc(CN2COc3c(ccc4cccnc34)C2)cc1. The summed E-state index contributed by atoms with van der Waals surface area (Å²) in [4.78, 5) is 6.74. The predicted octanol–water partition coefficient (Wildman–Crippen LogP) is 3.60. The van der Waals surface area contributed by atoms with Crippen molar-refractivity contribution < 1.29 is 9.47 Å². The van der Waals surface area contributed by atoms with Gasteiger partial charge in [-0.25, -0.2) is 0 Å². The van der Waals surface area contributed by atoms with E-state index in [0.717, 1.165) is 35.5 Å². The molecule has 1 aliphatic heterocycles. The lowest BCUT2D eigenvalue weighted by Crippen LogP contribution is -2.31. The van der Waals surface area contributed by atoms with Gasteiger partial charge in [-0.2, -0.15) is 0 Å². The number of benzene rings is 2. The molecule has 0 saturated heterocycles. The van der Waals surface area contributed by atoms with E-state index >= 15 is 0 Å². The molecule has 3 aromatic rings. The minimum Gasteiger partial charge on any atom is -0.497 e. The molecule has 0 N–H and O–H groups in total. The number of rotatable bonds is 3. The topological polar surface area (TPSA) is 34.6 Å². The Morgan fingerprint density at radius 3 is 2.83 bits per heavy atom. The van der Waals surface area contributed by atoms with Crippen LogP contribution in [0.3, 0.4) is 0 Å². The average Bonchev–Trinajstić information content (AvgIpc) is 2.62. The van der Waals surface area contributed by atoms with Crippen LogP contribution in [0.5, 0.6) is 11.5 Å². The Balaban J connectivity index is 1.55. The molecule has 116 valence electrons. The Morgan fingerprint density at radius 2 is 2.00 bits per heavy atom. The smallest absolute Gasteiger partial charge is 0.152 e. The van der Waals surface area contributed by atoms with Crippen LogP contribution in [-0.4, -0.2) is 23.7 Å². The molecule has 0 atom stereocenters. The number of fused-ring (bicyclic) bond motifs is 3. The zero-order valence-electron chi connectivity index (χ0n) is 13.0. The summed E-state index contributed by atoms with van der Waals surface area (Å²) in [6.07, 6.45) is 1.82. The first-order valence-corrected chi connectivity index (χ1v) is 7.68. The molecular formula is C19H18N2O2. The van der Waals surface area contributed by atoms with Crippen LogP contribution in [0.15, 0.2) is 54.7 Å². The second-order valence-electron chi connectivity index (χ2n) is 5.74. The third kappa shape index (κ3) is 2.73. The Bertz CT molecular complexity index is 830. The fraction of sp³-hybridized carbons (Fsp3) is 0.211. The zero-order valence-corrected chi connectivity index (χ0v) is 13.0. The third-order valence-electron chi connectivity index (χ3n) is 4.16. The molecule has 0 aliphatic carbocycles. The normalized spacial score (nSPS) is 14.3. The number of ether oxygens (including phenoxy) is 2. The number of aromatic nitrogens is 1. The van der Waals surface area contributed by atoms with Crippen molar-refractivity contribution in [1.29, 1.82) is 0 Å². The van der Waals surface area contributed by atoms with Gasteiger partial charge in [0.1, 0.15) is 18.0 Å². The summed E-state index contributed by atoms with van der Waals surface area (Å²) in [5.41, 5.74) is 3.39. The monoisotopic (exact) mass is 306 g/mol. The molecule has 4 rings (SSSR count). The molecule has 0 radical (unpaired) electrons. The van der Waals surface area contributed by atoms with Crippen molar-refractivity contribution >= 4 is 10.9 Å². The highest BCUT2D eigenvalue weighted by Crippen LogP contribution is 2.32. The van der Waals surface area contributed by atoms with Crippen molar-refractivity contribution in [3.63, 3.8) is 0 Å². The molecule has 0 saturated carbocycles. The van der Waals surface area contributed by atoms with Crippen molar-refractivity contribution in [3.8, 4) is 11.5 Å². The van der Waals surface area contributed by atoms with E-state index in [9.17, 15) is 0 Å². The van der Waals surface area contributed by atoms with Gasteiger partial charge in [-0.15, -0.1) is 0 Å². The highest BCUT2D eigenvalue weighted by atomic mass is 16.5. The Morgan fingerprint density at radius 1 is 1.13 bits per heavy atom. The second kappa shape index (κ2) is 5.89. The van der Waals surface area contributed by atoms with Gasteiger partial charge in [0.2, 0.25) is 0 Å². The van der Waals surface area contributed by atoms with Crippen LogP contribution in [0.1, 0.15) is 11.1 Å². The minimum absolute atomic E-state index is 0.578. The fourth-order valence-corrected chi connectivity index (χ4v) is 2.98. The van der Waals surface area contributed by atoms with E-state index < -0.39 is 0 Å². The van der Waals surface area contributed by atoms with Gasteiger partial charge >= 0.3 is 0 Å². The Hall–Kier alpha value is -2.59. The molecule has 1 aromatic heterocycles. The van der Waals surface area contributed by atoms with E-state index in [0.29, 0.717) is 6.73 Å². The van der Waals surface area contributed by atoms with Gasteiger partial charge < -0.3 is 9.47 Å². The number of hydrogen-bond donors (Lipinski definition) is 0. The van der Waals surface area contributed by atoms with Gasteiger partial charge in [-0.1, -0.05) is 30.3 Å². The van der Waals surface area contributed by atoms with Gasteiger partial charge in [-0.3, -0.25) is 9.88 Å². The summed E-state index contributed by atoms with van der Waals surface area (Å²) in [5.74, 6) is 1.81. The van der Waals surface area contributed by atoms with Crippen LogP contribution < -0.4 is 9.47 Å². The predicted molar refractivity (Wildman–Crippen MR) is 89.5 cm³/mol. The maximum Gasteiger partial charge on any atom is 0.152 e. The molecule has 0 bridgehead atoms. The number of nitrogens with zero attached hydrogens (tertiary/aromatic N) is 2. The van der Waals surface area contributed by atoms with Gasteiger partial charge in [0.05, 0.1) is 7.11 Å². The number of pyridine rings is 1. The van der Waals surface area contributed by atoms with E-state index in [1.54, 1.807) is 7.11 Å². The molecule has 4 nitrogen and oxygen atoms in total. The van der Waals surface area contributed by atoms with Crippen LogP contribution in [0.25, 0.3) is 10.9 Å². The maximum atomic E-state index is 6.01. The summed E-state index contributed by atoms with van der Waals surface area (Å²) in [5, 5.41) is 1.12. The van der Waals surface area contributed by atoms with E-state index in [1.165, 1.54) is 11.1 Å². The van der Waals surface area contributed by atoms with Crippen molar-refractivity contribution in [2.45, 2.75) is 13.1 Å². The lowest BCUT2D eigenvalue weighted by atomic mass is 10.1. The molecule has 2 heterocycles. The maximum absolute atomic E-state index is 6.01. The molecule has 0 amide bonds. The molecule has 0 unspecified atom stereocenters. The summed E-state index contributed by atoms with van der Waals surface area (Å²) >= 11 is 0. The molecule has 23 heavy (non-hydrogen) atoms. The Labute approximate surface area is 135 Å². The second-order valence-corrected chi connectivity index (χ2v) is 5.74. The van der Waals surface area contributed by atoms with E-state index in [1.807, 2.05) is 24.4 Å².